The zero-order chi connectivity index (χ0) is 9.14. The SMILES string of the molecule is C=Cc1nc(SC)nc(C)c1I. The monoisotopic (exact) mass is 292 g/mol. The van der Waals surface area contributed by atoms with Crippen LogP contribution in [0.1, 0.15) is 11.4 Å². The van der Waals surface area contributed by atoms with Crippen LogP contribution in [0.4, 0.5) is 0 Å². The molecular weight excluding hydrogens is 283 g/mol. The van der Waals surface area contributed by atoms with E-state index in [9.17, 15) is 0 Å². The van der Waals surface area contributed by atoms with Gasteiger partial charge in [-0.15, -0.1) is 0 Å². The number of hydrogen-bond acceptors (Lipinski definition) is 3. The standard InChI is InChI=1S/C8H9IN2S/c1-4-6-7(9)5(2)10-8(11-6)12-3/h4H,1H2,2-3H3. The van der Waals surface area contributed by atoms with E-state index in [0.717, 1.165) is 20.1 Å². The predicted molar refractivity (Wildman–Crippen MR) is 61.4 cm³/mol. The molecule has 0 spiro atoms. The molecule has 0 N–H and O–H groups in total. The highest BCUT2D eigenvalue weighted by atomic mass is 127. The minimum absolute atomic E-state index is 0.808. The maximum absolute atomic E-state index is 4.30. The summed E-state index contributed by atoms with van der Waals surface area (Å²) in [6, 6.07) is 0. The molecule has 2 nitrogen and oxygen atoms in total. The van der Waals surface area contributed by atoms with E-state index < -0.39 is 0 Å². The summed E-state index contributed by atoms with van der Waals surface area (Å²) < 4.78 is 1.08. The Morgan fingerprint density at radius 1 is 1.50 bits per heavy atom. The zero-order valence-electron chi connectivity index (χ0n) is 6.97. The lowest BCUT2D eigenvalue weighted by Gasteiger charge is -2.03. The molecule has 0 saturated carbocycles. The molecule has 0 aliphatic heterocycles. The Bertz CT molecular complexity index is 312. The Kier molecular flexibility index (Phi) is 3.52. The highest BCUT2D eigenvalue weighted by Crippen LogP contribution is 2.18. The minimum Gasteiger partial charge on any atom is -0.227 e. The summed E-state index contributed by atoms with van der Waals surface area (Å²) in [5.41, 5.74) is 1.94. The lowest BCUT2D eigenvalue weighted by molar-refractivity contribution is 0.914. The first-order valence-corrected chi connectivity index (χ1v) is 5.70. The van der Waals surface area contributed by atoms with Gasteiger partial charge in [-0.2, -0.15) is 0 Å². The Hall–Kier alpha value is -0.100. The van der Waals surface area contributed by atoms with Crippen molar-refractivity contribution in [1.82, 2.24) is 9.97 Å². The third-order valence-corrected chi connectivity index (χ3v) is 3.28. The molecule has 0 atom stereocenters. The Morgan fingerprint density at radius 3 is 2.67 bits per heavy atom. The topological polar surface area (TPSA) is 25.8 Å². The maximum atomic E-state index is 4.30. The quantitative estimate of drug-likeness (QED) is 0.476. The molecule has 1 rings (SSSR count). The molecule has 0 aromatic carbocycles. The fraction of sp³-hybridized carbons (Fsp3) is 0.250. The maximum Gasteiger partial charge on any atom is 0.188 e. The molecule has 0 unspecified atom stereocenters. The summed E-state index contributed by atoms with van der Waals surface area (Å²) in [7, 11) is 0. The average molecular weight is 292 g/mol. The van der Waals surface area contributed by atoms with Gasteiger partial charge in [0, 0.05) is 0 Å². The van der Waals surface area contributed by atoms with E-state index in [1.165, 1.54) is 0 Å². The zero-order valence-corrected chi connectivity index (χ0v) is 9.94. The molecule has 64 valence electrons. The number of aromatic nitrogens is 2. The normalized spacial score (nSPS) is 9.92. The molecule has 1 heterocycles. The first-order valence-electron chi connectivity index (χ1n) is 3.39. The van der Waals surface area contributed by atoms with Crippen LogP contribution in [0, 0.1) is 10.5 Å². The van der Waals surface area contributed by atoms with Gasteiger partial charge in [0.15, 0.2) is 5.16 Å². The third-order valence-electron chi connectivity index (χ3n) is 1.40. The van der Waals surface area contributed by atoms with Crippen LogP contribution in [-0.4, -0.2) is 16.2 Å². The highest BCUT2D eigenvalue weighted by molar-refractivity contribution is 14.1. The molecule has 0 amide bonds. The van der Waals surface area contributed by atoms with Crippen molar-refractivity contribution < 1.29 is 0 Å². The van der Waals surface area contributed by atoms with Gasteiger partial charge in [-0.3, -0.25) is 0 Å². The third kappa shape index (κ3) is 1.98. The smallest absolute Gasteiger partial charge is 0.188 e. The van der Waals surface area contributed by atoms with Gasteiger partial charge in [0.05, 0.1) is 15.0 Å². The molecule has 1 aromatic heterocycles. The molecule has 0 bridgehead atoms. The van der Waals surface area contributed by atoms with Crippen molar-refractivity contribution in [2.45, 2.75) is 12.1 Å². The fourth-order valence-electron chi connectivity index (χ4n) is 0.782. The van der Waals surface area contributed by atoms with E-state index in [1.54, 1.807) is 17.8 Å². The van der Waals surface area contributed by atoms with Crippen LogP contribution in [0.5, 0.6) is 0 Å². The van der Waals surface area contributed by atoms with Crippen molar-refractivity contribution in [3.05, 3.63) is 21.5 Å². The average Bonchev–Trinajstić information content (AvgIpc) is 2.09. The van der Waals surface area contributed by atoms with E-state index >= 15 is 0 Å². The van der Waals surface area contributed by atoms with E-state index in [-0.39, 0.29) is 0 Å². The first-order chi connectivity index (χ1) is 5.69. The number of nitrogens with zero attached hydrogens (tertiary/aromatic N) is 2. The van der Waals surface area contributed by atoms with Crippen LogP contribution in [0.15, 0.2) is 11.7 Å². The number of thioether (sulfide) groups is 1. The molecule has 1 aromatic rings. The molecule has 0 radical (unpaired) electrons. The highest BCUT2D eigenvalue weighted by Gasteiger charge is 2.04. The van der Waals surface area contributed by atoms with Gasteiger partial charge in [-0.1, -0.05) is 18.3 Å². The van der Waals surface area contributed by atoms with Crippen molar-refractivity contribution >= 4 is 40.4 Å². The van der Waals surface area contributed by atoms with Gasteiger partial charge in [0.2, 0.25) is 0 Å². The molecular formula is C8H9IN2S. The van der Waals surface area contributed by atoms with Crippen LogP contribution >= 0.6 is 34.4 Å². The number of rotatable bonds is 2. The second-order valence-corrected chi connectivity index (χ2v) is 4.05. The van der Waals surface area contributed by atoms with Crippen LogP contribution in [0.3, 0.4) is 0 Å². The van der Waals surface area contributed by atoms with Gasteiger partial charge < -0.3 is 0 Å². The largest absolute Gasteiger partial charge is 0.227 e. The van der Waals surface area contributed by atoms with E-state index in [2.05, 4.69) is 39.1 Å². The molecule has 0 saturated heterocycles. The lowest BCUT2D eigenvalue weighted by Crippen LogP contribution is -1.97. The van der Waals surface area contributed by atoms with Gasteiger partial charge in [0.1, 0.15) is 0 Å². The summed E-state index contributed by atoms with van der Waals surface area (Å²) >= 11 is 3.78. The number of halogens is 1. The van der Waals surface area contributed by atoms with Gasteiger partial charge in [-0.25, -0.2) is 9.97 Å². The predicted octanol–water partition coefficient (Wildman–Crippen LogP) is 2.75. The van der Waals surface area contributed by atoms with Gasteiger partial charge >= 0.3 is 0 Å². The van der Waals surface area contributed by atoms with Crippen molar-refractivity contribution in [1.29, 1.82) is 0 Å². The Labute approximate surface area is 90.0 Å². The summed E-state index contributed by atoms with van der Waals surface area (Å²) in [5, 5.41) is 0.808. The second-order valence-electron chi connectivity index (χ2n) is 2.20. The first kappa shape index (κ1) is 9.98. The fourth-order valence-corrected chi connectivity index (χ4v) is 1.66. The minimum atomic E-state index is 0.808. The second kappa shape index (κ2) is 4.23. The van der Waals surface area contributed by atoms with Crippen LogP contribution < -0.4 is 0 Å². The summed E-state index contributed by atoms with van der Waals surface area (Å²) in [4.78, 5) is 8.59. The molecule has 4 heteroatoms. The summed E-state index contributed by atoms with van der Waals surface area (Å²) in [6.07, 6.45) is 3.73. The van der Waals surface area contributed by atoms with Crippen molar-refractivity contribution in [3.8, 4) is 0 Å². The molecule has 0 fully saturated rings. The Morgan fingerprint density at radius 2 is 2.17 bits per heavy atom. The molecule has 12 heavy (non-hydrogen) atoms. The van der Waals surface area contributed by atoms with Crippen LogP contribution in [0.2, 0.25) is 0 Å². The van der Waals surface area contributed by atoms with E-state index in [1.807, 2.05) is 13.2 Å². The Balaban J connectivity index is 3.28. The number of aryl methyl sites for hydroxylation is 1. The van der Waals surface area contributed by atoms with E-state index in [0.29, 0.717) is 0 Å². The van der Waals surface area contributed by atoms with Crippen molar-refractivity contribution in [2.24, 2.45) is 0 Å². The van der Waals surface area contributed by atoms with E-state index in [4.69, 9.17) is 0 Å². The lowest BCUT2D eigenvalue weighted by atomic mass is 10.3. The van der Waals surface area contributed by atoms with Crippen LogP contribution in [0.25, 0.3) is 6.08 Å². The van der Waals surface area contributed by atoms with Gasteiger partial charge in [0.25, 0.3) is 0 Å². The van der Waals surface area contributed by atoms with Crippen molar-refractivity contribution in [2.75, 3.05) is 6.26 Å². The summed E-state index contributed by atoms with van der Waals surface area (Å²) in [6.45, 7) is 5.69. The molecule has 0 aliphatic rings. The number of hydrogen-bond donors (Lipinski definition) is 0. The molecule has 0 aliphatic carbocycles. The van der Waals surface area contributed by atoms with Crippen LogP contribution in [-0.2, 0) is 0 Å². The van der Waals surface area contributed by atoms with Gasteiger partial charge in [-0.05, 0) is 41.8 Å². The summed E-state index contributed by atoms with van der Waals surface area (Å²) in [5.74, 6) is 0. The van der Waals surface area contributed by atoms with Crippen molar-refractivity contribution in [3.63, 3.8) is 0 Å².